The molecule has 3 rings (SSSR count). The Bertz CT molecular complexity index is 872. The van der Waals surface area contributed by atoms with E-state index < -0.39 is 60.6 Å². The fourth-order valence-electron chi connectivity index (χ4n) is 3.98. The zero-order chi connectivity index (χ0) is 22.5. The number of benzene rings is 1. The largest absolute Gasteiger partial charge is 0.458 e. The summed E-state index contributed by atoms with van der Waals surface area (Å²) in [5, 5.41) is 3.78. The van der Waals surface area contributed by atoms with Crippen LogP contribution in [0.2, 0.25) is 0 Å². The van der Waals surface area contributed by atoms with E-state index in [1.807, 2.05) is 30.3 Å². The first-order chi connectivity index (χ1) is 14.8. The Balaban J connectivity index is 2.03. The highest BCUT2D eigenvalue weighted by molar-refractivity contribution is 5.68. The molecule has 1 heterocycles. The number of ether oxygens (including phenoxy) is 5. The van der Waals surface area contributed by atoms with Crippen LogP contribution in [0, 0.1) is 5.92 Å². The van der Waals surface area contributed by atoms with Gasteiger partial charge in [-0.05, 0) is 5.53 Å². The van der Waals surface area contributed by atoms with Gasteiger partial charge in [0, 0.05) is 37.2 Å². The maximum atomic E-state index is 11.9. The average Bonchev–Trinajstić information content (AvgIpc) is 2.72. The minimum atomic E-state index is -1.24. The molecule has 1 saturated carbocycles. The van der Waals surface area contributed by atoms with Gasteiger partial charge in [-0.15, -0.1) is 0 Å². The van der Waals surface area contributed by atoms with Crippen LogP contribution in [0.4, 0.5) is 0 Å². The first-order valence-electron chi connectivity index (χ1n) is 9.69. The number of carbonyl (C=O) groups excluding carboxylic acids is 3. The maximum Gasteiger partial charge on any atom is 0.303 e. The number of fused-ring (bicyclic) bond motifs is 1. The van der Waals surface area contributed by atoms with Crippen LogP contribution in [0.25, 0.3) is 10.4 Å². The van der Waals surface area contributed by atoms with E-state index in [2.05, 4.69) is 10.0 Å². The number of rotatable bonds is 5. The number of carbonyl (C=O) groups is 3. The van der Waals surface area contributed by atoms with Gasteiger partial charge >= 0.3 is 17.9 Å². The second kappa shape index (κ2) is 9.78. The van der Waals surface area contributed by atoms with Crippen LogP contribution in [0.3, 0.4) is 0 Å². The third-order valence-electron chi connectivity index (χ3n) is 5.05. The van der Waals surface area contributed by atoms with Crippen molar-refractivity contribution in [2.24, 2.45) is 11.0 Å². The second-order valence-corrected chi connectivity index (χ2v) is 7.26. The van der Waals surface area contributed by atoms with Crippen molar-refractivity contribution in [1.29, 1.82) is 0 Å². The fraction of sp³-hybridized carbons (Fsp3) is 0.550. The van der Waals surface area contributed by atoms with E-state index in [4.69, 9.17) is 29.2 Å². The molecule has 166 valence electrons. The summed E-state index contributed by atoms with van der Waals surface area (Å²) in [5.41, 5.74) is 9.84. The Morgan fingerprint density at radius 2 is 1.55 bits per heavy atom. The van der Waals surface area contributed by atoms with E-state index in [0.717, 1.165) is 5.56 Å². The van der Waals surface area contributed by atoms with Crippen LogP contribution < -0.4 is 0 Å². The quantitative estimate of drug-likeness (QED) is 0.226. The highest BCUT2D eigenvalue weighted by Crippen LogP contribution is 2.42. The molecule has 0 spiro atoms. The summed E-state index contributed by atoms with van der Waals surface area (Å²) in [6.45, 7) is 3.61. The summed E-state index contributed by atoms with van der Waals surface area (Å²) in [6, 6.07) is 8.12. The monoisotopic (exact) mass is 433 g/mol. The average molecular weight is 433 g/mol. The molecule has 1 aliphatic carbocycles. The maximum absolute atomic E-state index is 11.9. The number of esters is 3. The summed E-state index contributed by atoms with van der Waals surface area (Å²) in [6.07, 6.45) is -5.18. The Morgan fingerprint density at radius 1 is 0.968 bits per heavy atom. The zero-order valence-electron chi connectivity index (χ0n) is 17.2. The van der Waals surface area contributed by atoms with Crippen molar-refractivity contribution in [1.82, 2.24) is 0 Å². The first kappa shape index (κ1) is 22.5. The predicted molar refractivity (Wildman–Crippen MR) is 103 cm³/mol. The number of nitrogens with zero attached hydrogens (tertiary/aromatic N) is 3. The summed E-state index contributed by atoms with van der Waals surface area (Å²) in [4.78, 5) is 38.3. The highest BCUT2D eigenvalue weighted by atomic mass is 16.7. The molecule has 11 nitrogen and oxygen atoms in total. The molecule has 0 amide bonds. The van der Waals surface area contributed by atoms with Crippen LogP contribution in [0.5, 0.6) is 0 Å². The van der Waals surface area contributed by atoms with Crippen molar-refractivity contribution < 1.29 is 38.1 Å². The molecule has 0 radical (unpaired) electrons. The molecule has 0 aromatic heterocycles. The van der Waals surface area contributed by atoms with Crippen LogP contribution in [0.1, 0.15) is 32.6 Å². The van der Waals surface area contributed by atoms with Gasteiger partial charge in [-0.25, -0.2) is 0 Å². The van der Waals surface area contributed by atoms with Gasteiger partial charge in [0.25, 0.3) is 0 Å². The molecule has 0 bridgehead atoms. The van der Waals surface area contributed by atoms with Crippen molar-refractivity contribution in [3.05, 3.63) is 46.3 Å². The van der Waals surface area contributed by atoms with Crippen LogP contribution in [-0.4, -0.2) is 55.0 Å². The molecule has 2 aliphatic rings. The third-order valence-corrected chi connectivity index (χ3v) is 5.05. The fourth-order valence-corrected chi connectivity index (χ4v) is 3.98. The minimum Gasteiger partial charge on any atom is -0.458 e. The number of hydrogen-bond acceptors (Lipinski definition) is 9. The number of azide groups is 1. The molecule has 1 aromatic carbocycles. The molecule has 1 aliphatic heterocycles. The summed E-state index contributed by atoms with van der Waals surface area (Å²) in [5.74, 6) is -2.64. The summed E-state index contributed by atoms with van der Waals surface area (Å²) in [7, 11) is 0. The molecule has 2 fully saturated rings. The third kappa shape index (κ3) is 5.13. The Kier molecular flexibility index (Phi) is 7.11. The Hall–Kier alpha value is -3.14. The standard InChI is InChI=1S/C20H23N3O8/c1-10(24)28-17-15(22-23-21)14-9-27-20(13-7-5-4-6-8-13)31-16(14)18(29-11(2)25)19(17)30-12(3)26/h4-8,14-20H,9H2,1-3H3/t14-,15-,16+,17+,18-,19-,20+/m0/s1. The van der Waals surface area contributed by atoms with Crippen molar-refractivity contribution in [2.75, 3.05) is 6.61 Å². The van der Waals surface area contributed by atoms with E-state index in [-0.39, 0.29) is 6.61 Å². The van der Waals surface area contributed by atoms with Crippen LogP contribution in [-0.2, 0) is 38.1 Å². The molecule has 7 atom stereocenters. The van der Waals surface area contributed by atoms with Gasteiger partial charge in [-0.3, -0.25) is 14.4 Å². The second-order valence-electron chi connectivity index (χ2n) is 7.26. The van der Waals surface area contributed by atoms with Crippen molar-refractivity contribution >= 4 is 17.9 Å². The molecule has 1 aromatic rings. The van der Waals surface area contributed by atoms with Crippen molar-refractivity contribution in [2.45, 2.75) is 57.5 Å². The van der Waals surface area contributed by atoms with E-state index in [1.54, 1.807) is 0 Å². The van der Waals surface area contributed by atoms with Gasteiger partial charge in [0.1, 0.15) is 6.10 Å². The SMILES string of the molecule is CC(=O)O[C@@H]1[C@@H](OC(C)=O)[C@H](OC(C)=O)[C@@H](N=[N+]=[N-])[C@@H]2CO[C@@H](c3ccccc3)O[C@H]21. The van der Waals surface area contributed by atoms with E-state index >= 15 is 0 Å². The number of hydrogen-bond donors (Lipinski definition) is 0. The van der Waals surface area contributed by atoms with Crippen molar-refractivity contribution in [3.8, 4) is 0 Å². The lowest BCUT2D eigenvalue weighted by molar-refractivity contribution is -0.300. The zero-order valence-corrected chi connectivity index (χ0v) is 17.2. The molecular formula is C20H23N3O8. The Labute approximate surface area is 178 Å². The normalized spacial score (nSPS) is 32.0. The minimum absolute atomic E-state index is 0.0657. The van der Waals surface area contributed by atoms with Gasteiger partial charge < -0.3 is 23.7 Å². The lowest BCUT2D eigenvalue weighted by Gasteiger charge is -2.50. The van der Waals surface area contributed by atoms with E-state index in [1.165, 1.54) is 20.8 Å². The molecule has 1 saturated heterocycles. The lowest BCUT2D eigenvalue weighted by Crippen LogP contribution is -2.66. The first-order valence-corrected chi connectivity index (χ1v) is 9.69. The van der Waals surface area contributed by atoms with Gasteiger partial charge in [0.15, 0.2) is 24.6 Å². The van der Waals surface area contributed by atoms with E-state index in [9.17, 15) is 14.4 Å². The smallest absolute Gasteiger partial charge is 0.303 e. The van der Waals surface area contributed by atoms with Gasteiger partial charge in [0.2, 0.25) is 0 Å². The van der Waals surface area contributed by atoms with Crippen molar-refractivity contribution in [3.63, 3.8) is 0 Å². The molecule has 11 heteroatoms. The van der Waals surface area contributed by atoms with Crippen LogP contribution in [0.15, 0.2) is 35.4 Å². The molecule has 0 unspecified atom stereocenters. The summed E-state index contributed by atoms with van der Waals surface area (Å²) >= 11 is 0. The summed E-state index contributed by atoms with van der Waals surface area (Å²) < 4.78 is 28.2. The highest BCUT2D eigenvalue weighted by Gasteiger charge is 2.58. The topological polar surface area (TPSA) is 146 Å². The van der Waals surface area contributed by atoms with Gasteiger partial charge in [0.05, 0.1) is 12.6 Å². The van der Waals surface area contributed by atoms with Gasteiger partial charge in [-0.1, -0.05) is 35.4 Å². The molecular weight excluding hydrogens is 410 g/mol. The lowest BCUT2D eigenvalue weighted by atomic mass is 9.76. The van der Waals surface area contributed by atoms with Gasteiger partial charge in [-0.2, -0.15) is 0 Å². The molecule has 0 N–H and O–H groups in total. The van der Waals surface area contributed by atoms with E-state index in [0.29, 0.717) is 0 Å². The Morgan fingerprint density at radius 3 is 2.13 bits per heavy atom. The van der Waals surface area contributed by atoms with Crippen LogP contribution >= 0.6 is 0 Å². The predicted octanol–water partition coefficient (Wildman–Crippen LogP) is 2.20. The molecule has 31 heavy (non-hydrogen) atoms.